The fourth-order valence-corrected chi connectivity index (χ4v) is 4.04. The zero-order valence-corrected chi connectivity index (χ0v) is 16.8. The Balaban J connectivity index is 1.36. The summed E-state index contributed by atoms with van der Waals surface area (Å²) in [5.41, 5.74) is 0.0331. The van der Waals surface area contributed by atoms with Gasteiger partial charge in [0.05, 0.1) is 19.5 Å². The van der Waals surface area contributed by atoms with Crippen molar-refractivity contribution in [1.29, 1.82) is 0 Å². The first-order valence-corrected chi connectivity index (χ1v) is 10.3. The summed E-state index contributed by atoms with van der Waals surface area (Å²) in [4.78, 5) is 25.7. The number of amides is 1. The molecule has 2 aliphatic heterocycles. The first-order valence-electron chi connectivity index (χ1n) is 10.3. The molecule has 0 aromatic carbocycles. The van der Waals surface area contributed by atoms with Gasteiger partial charge < -0.3 is 10.1 Å². The maximum absolute atomic E-state index is 12.9. The Kier molecular flexibility index (Phi) is 6.44. The minimum Gasteiger partial charge on any atom is -0.625 e. The number of piperidine rings is 1. The van der Waals surface area contributed by atoms with Gasteiger partial charge in [-0.3, -0.25) is 9.55 Å². The van der Waals surface area contributed by atoms with Crippen LogP contribution < -0.4 is 4.90 Å². The largest absolute Gasteiger partial charge is 0.625 e. The summed E-state index contributed by atoms with van der Waals surface area (Å²) in [5, 5.41) is 12.9. The number of quaternary nitrogens is 1. The van der Waals surface area contributed by atoms with Crippen molar-refractivity contribution in [3.63, 3.8) is 0 Å². The van der Waals surface area contributed by atoms with Gasteiger partial charge in [-0.2, -0.15) is 0 Å². The van der Waals surface area contributed by atoms with E-state index in [-0.39, 0.29) is 11.3 Å². The quantitative estimate of drug-likeness (QED) is 0.414. The molecule has 3 heterocycles. The van der Waals surface area contributed by atoms with Crippen molar-refractivity contribution in [2.45, 2.75) is 46.0 Å². The van der Waals surface area contributed by atoms with Crippen LogP contribution in [0.1, 0.15) is 46.0 Å². The van der Waals surface area contributed by atoms with E-state index < -0.39 is 4.65 Å². The summed E-state index contributed by atoms with van der Waals surface area (Å²) in [5.74, 6) is 0.694. The van der Waals surface area contributed by atoms with E-state index in [0.29, 0.717) is 19.5 Å². The molecule has 7 nitrogen and oxygen atoms in total. The first-order chi connectivity index (χ1) is 12.9. The van der Waals surface area contributed by atoms with Gasteiger partial charge in [-0.05, 0) is 37.3 Å². The van der Waals surface area contributed by atoms with Gasteiger partial charge in [0.2, 0.25) is 5.95 Å². The average Bonchev–Trinajstić information content (AvgIpc) is 2.70. The van der Waals surface area contributed by atoms with Crippen molar-refractivity contribution in [1.82, 2.24) is 14.9 Å². The van der Waals surface area contributed by atoms with Crippen molar-refractivity contribution < 1.29 is 9.44 Å². The molecule has 2 aliphatic rings. The Morgan fingerprint density at radius 3 is 2.52 bits per heavy atom. The molecule has 0 N–H and O–H groups in total. The molecule has 1 aromatic heterocycles. The molecule has 1 amide bonds. The summed E-state index contributed by atoms with van der Waals surface area (Å²) in [6.07, 6.45) is 7.63. The van der Waals surface area contributed by atoms with Gasteiger partial charge in [0.25, 0.3) is 0 Å². The highest BCUT2D eigenvalue weighted by Crippen LogP contribution is 2.37. The van der Waals surface area contributed by atoms with E-state index in [0.717, 1.165) is 64.4 Å². The van der Waals surface area contributed by atoms with Crippen LogP contribution in [0.3, 0.4) is 0 Å². The molecule has 2 saturated heterocycles. The third-order valence-electron chi connectivity index (χ3n) is 6.41. The maximum atomic E-state index is 12.9. The number of carbonyl (C=O) groups excluding carboxylic acids is 1. The lowest BCUT2D eigenvalue weighted by Crippen LogP contribution is -2.55. The number of likely N-dealkylation sites (tertiary alicyclic amines) is 1. The highest BCUT2D eigenvalue weighted by Gasteiger charge is 2.41. The number of hydrogen-bond donors (Lipinski definition) is 0. The lowest BCUT2D eigenvalue weighted by atomic mass is 9.77. The normalized spacial score (nSPS) is 29.9. The van der Waals surface area contributed by atoms with E-state index >= 15 is 0 Å². The van der Waals surface area contributed by atoms with Crippen molar-refractivity contribution in [3.8, 4) is 0 Å². The van der Waals surface area contributed by atoms with Crippen molar-refractivity contribution in [3.05, 3.63) is 23.7 Å². The molecular weight excluding hydrogens is 342 g/mol. The zero-order chi connectivity index (χ0) is 19.3. The predicted molar refractivity (Wildman–Crippen MR) is 106 cm³/mol. The number of unbranched alkanes of at least 4 members (excludes halogenated alkanes) is 1. The Morgan fingerprint density at radius 1 is 1.19 bits per heavy atom. The number of hydroxylamine groups is 3. The summed E-state index contributed by atoms with van der Waals surface area (Å²) < 4.78 is -0.602. The van der Waals surface area contributed by atoms with Gasteiger partial charge in [-0.1, -0.05) is 13.8 Å². The van der Waals surface area contributed by atoms with E-state index in [4.69, 9.17) is 0 Å². The van der Waals surface area contributed by atoms with E-state index in [1.807, 2.05) is 6.07 Å². The predicted octanol–water partition coefficient (Wildman–Crippen LogP) is 2.43. The fraction of sp³-hybridized carbons (Fsp3) is 0.750. The molecule has 0 aliphatic carbocycles. The minimum atomic E-state index is -0.602. The van der Waals surface area contributed by atoms with Gasteiger partial charge in [0.15, 0.2) is 0 Å². The van der Waals surface area contributed by atoms with Crippen LogP contribution in [0.2, 0.25) is 0 Å². The Labute approximate surface area is 162 Å². The van der Waals surface area contributed by atoms with Crippen LogP contribution in [0.25, 0.3) is 0 Å². The summed E-state index contributed by atoms with van der Waals surface area (Å²) >= 11 is 0. The SMILES string of the molecule is CCC1(C)CC[N+]([O-])(CCCCN2CCN(c3ncccn3)CC2)C(=O)C1. The number of nitrogens with zero attached hydrogens (tertiary/aromatic N) is 5. The van der Waals surface area contributed by atoms with Crippen molar-refractivity contribution in [2.24, 2.45) is 5.41 Å². The molecule has 2 atom stereocenters. The third kappa shape index (κ3) is 5.03. The molecule has 2 unspecified atom stereocenters. The van der Waals surface area contributed by atoms with Crippen LogP contribution in [0, 0.1) is 10.6 Å². The lowest BCUT2D eigenvalue weighted by Gasteiger charge is -2.47. The molecule has 27 heavy (non-hydrogen) atoms. The Hall–Kier alpha value is -1.57. The molecule has 1 aromatic rings. The second kappa shape index (κ2) is 8.63. The topological polar surface area (TPSA) is 72.4 Å². The van der Waals surface area contributed by atoms with Crippen molar-refractivity contribution in [2.75, 3.05) is 50.7 Å². The number of piperazine rings is 1. The zero-order valence-electron chi connectivity index (χ0n) is 16.8. The Morgan fingerprint density at radius 2 is 1.89 bits per heavy atom. The second-order valence-corrected chi connectivity index (χ2v) is 8.41. The summed E-state index contributed by atoms with van der Waals surface area (Å²) in [7, 11) is 0. The second-order valence-electron chi connectivity index (χ2n) is 8.41. The van der Waals surface area contributed by atoms with Crippen LogP contribution >= 0.6 is 0 Å². The molecule has 2 fully saturated rings. The van der Waals surface area contributed by atoms with Crippen LogP contribution in [0.5, 0.6) is 0 Å². The molecule has 0 saturated carbocycles. The van der Waals surface area contributed by atoms with Gasteiger partial charge in [0, 0.05) is 45.0 Å². The van der Waals surface area contributed by atoms with Gasteiger partial charge in [-0.25, -0.2) is 14.8 Å². The Bertz CT molecular complexity index is 620. The molecule has 0 spiro atoms. The first kappa shape index (κ1) is 20.2. The maximum Gasteiger partial charge on any atom is 0.314 e. The van der Waals surface area contributed by atoms with E-state index in [2.05, 4.69) is 33.6 Å². The van der Waals surface area contributed by atoms with Crippen LogP contribution in [0.4, 0.5) is 5.95 Å². The monoisotopic (exact) mass is 375 g/mol. The van der Waals surface area contributed by atoms with E-state index in [9.17, 15) is 10.0 Å². The van der Waals surface area contributed by atoms with E-state index in [1.54, 1.807) is 12.4 Å². The number of hydrogen-bond acceptors (Lipinski definition) is 6. The van der Waals surface area contributed by atoms with Crippen LogP contribution in [-0.2, 0) is 4.79 Å². The average molecular weight is 376 g/mol. The van der Waals surface area contributed by atoms with Gasteiger partial charge in [0.1, 0.15) is 0 Å². The van der Waals surface area contributed by atoms with E-state index in [1.165, 1.54) is 0 Å². The molecule has 7 heteroatoms. The standard InChI is InChI=1S/C20H33N5O2/c1-3-20(2)7-16-25(27,18(26)17-20)15-5-4-10-23-11-13-24(14-12-23)19-21-8-6-9-22-19/h6,8-9H,3-5,7,10-17H2,1-2H3. The number of aromatic nitrogens is 2. The number of anilines is 1. The highest BCUT2D eigenvalue weighted by atomic mass is 16.6. The molecule has 150 valence electrons. The molecule has 3 rings (SSSR count). The number of carbonyl (C=O) groups is 1. The molecular formula is C20H33N5O2. The molecule has 0 bridgehead atoms. The fourth-order valence-electron chi connectivity index (χ4n) is 4.04. The third-order valence-corrected chi connectivity index (χ3v) is 6.41. The summed E-state index contributed by atoms with van der Waals surface area (Å²) in [6.45, 7) is 9.97. The van der Waals surface area contributed by atoms with Gasteiger partial charge in [-0.15, -0.1) is 0 Å². The minimum absolute atomic E-state index is 0.0331. The lowest BCUT2D eigenvalue weighted by molar-refractivity contribution is -0.810. The molecule has 0 radical (unpaired) electrons. The highest BCUT2D eigenvalue weighted by molar-refractivity contribution is 5.70. The smallest absolute Gasteiger partial charge is 0.314 e. The van der Waals surface area contributed by atoms with Crippen LogP contribution in [-0.4, -0.2) is 71.2 Å². The van der Waals surface area contributed by atoms with Gasteiger partial charge >= 0.3 is 5.91 Å². The number of rotatable bonds is 7. The van der Waals surface area contributed by atoms with Crippen LogP contribution in [0.15, 0.2) is 18.5 Å². The summed E-state index contributed by atoms with van der Waals surface area (Å²) in [6, 6.07) is 1.83. The van der Waals surface area contributed by atoms with Crippen molar-refractivity contribution >= 4 is 11.9 Å².